The topological polar surface area (TPSA) is 46.2 Å². The predicted molar refractivity (Wildman–Crippen MR) is 81.6 cm³/mol. The number of thiophene rings is 1. The summed E-state index contributed by atoms with van der Waals surface area (Å²) in [7, 11) is 0. The molecule has 3 N–H and O–H groups in total. The lowest BCUT2D eigenvalue weighted by Crippen LogP contribution is -2.20. The highest BCUT2D eigenvalue weighted by molar-refractivity contribution is 7.10. The van der Waals surface area contributed by atoms with Crippen molar-refractivity contribution >= 4 is 11.3 Å². The molecule has 0 aliphatic carbocycles. The molecule has 0 amide bonds. The van der Waals surface area contributed by atoms with Gasteiger partial charge < -0.3 is 10.8 Å². The van der Waals surface area contributed by atoms with Crippen LogP contribution in [0.5, 0.6) is 0 Å². The number of aliphatic hydroxyl groups is 1. The van der Waals surface area contributed by atoms with Crippen LogP contribution < -0.4 is 5.73 Å². The molecule has 0 fully saturated rings. The minimum absolute atomic E-state index is 0.0375. The summed E-state index contributed by atoms with van der Waals surface area (Å²) in [5.41, 5.74) is 9.44. The SMILES string of the molecule is CCc1ccsc1C(O)C(CN)c1ccc(C)cc1. The van der Waals surface area contributed by atoms with Crippen molar-refractivity contribution in [1.29, 1.82) is 0 Å². The monoisotopic (exact) mass is 275 g/mol. The zero-order valence-electron chi connectivity index (χ0n) is 11.5. The summed E-state index contributed by atoms with van der Waals surface area (Å²) in [4.78, 5) is 1.05. The molecule has 2 rings (SSSR count). The maximum absolute atomic E-state index is 10.6. The number of rotatable bonds is 5. The Balaban J connectivity index is 2.29. The van der Waals surface area contributed by atoms with E-state index in [1.807, 2.05) is 5.38 Å². The van der Waals surface area contributed by atoms with Gasteiger partial charge in [-0.3, -0.25) is 0 Å². The second kappa shape index (κ2) is 6.33. The Morgan fingerprint density at radius 1 is 1.21 bits per heavy atom. The average Bonchev–Trinajstić information content (AvgIpc) is 2.90. The molecular formula is C16H21NOS. The van der Waals surface area contributed by atoms with E-state index in [0.29, 0.717) is 6.54 Å². The average molecular weight is 275 g/mol. The molecule has 3 heteroatoms. The van der Waals surface area contributed by atoms with E-state index in [2.05, 4.69) is 44.2 Å². The molecule has 1 aromatic carbocycles. The van der Waals surface area contributed by atoms with Crippen molar-refractivity contribution in [3.8, 4) is 0 Å². The Morgan fingerprint density at radius 3 is 2.47 bits per heavy atom. The predicted octanol–water partition coefficient (Wildman–Crippen LogP) is 3.39. The summed E-state index contributed by atoms with van der Waals surface area (Å²) in [6.07, 6.45) is 0.434. The lowest BCUT2D eigenvalue weighted by atomic mass is 9.90. The molecule has 2 unspecified atom stereocenters. The van der Waals surface area contributed by atoms with E-state index < -0.39 is 6.10 Å². The standard InChI is InChI=1S/C16H21NOS/c1-3-12-8-9-19-16(12)15(18)14(10-17)13-6-4-11(2)5-7-13/h4-9,14-15,18H,3,10,17H2,1-2H3. The third-order valence-corrected chi connectivity index (χ3v) is 4.60. The third-order valence-electron chi connectivity index (χ3n) is 3.57. The van der Waals surface area contributed by atoms with E-state index in [1.165, 1.54) is 11.1 Å². The van der Waals surface area contributed by atoms with Crippen LogP contribution in [0, 0.1) is 6.92 Å². The summed E-state index contributed by atoms with van der Waals surface area (Å²) in [6.45, 7) is 4.62. The summed E-state index contributed by atoms with van der Waals surface area (Å²) in [6, 6.07) is 10.4. The van der Waals surface area contributed by atoms with Crippen LogP contribution in [0.25, 0.3) is 0 Å². The molecule has 19 heavy (non-hydrogen) atoms. The van der Waals surface area contributed by atoms with E-state index >= 15 is 0 Å². The Labute approximate surface area is 118 Å². The zero-order chi connectivity index (χ0) is 13.8. The minimum Gasteiger partial charge on any atom is -0.387 e. The van der Waals surface area contributed by atoms with E-state index in [9.17, 15) is 5.11 Å². The molecule has 2 nitrogen and oxygen atoms in total. The number of aryl methyl sites for hydroxylation is 2. The van der Waals surface area contributed by atoms with Crippen LogP contribution >= 0.6 is 11.3 Å². The quantitative estimate of drug-likeness (QED) is 0.878. The fourth-order valence-electron chi connectivity index (χ4n) is 2.34. The maximum atomic E-state index is 10.6. The second-order valence-electron chi connectivity index (χ2n) is 4.86. The van der Waals surface area contributed by atoms with Gasteiger partial charge >= 0.3 is 0 Å². The largest absolute Gasteiger partial charge is 0.387 e. The van der Waals surface area contributed by atoms with Gasteiger partial charge in [-0.2, -0.15) is 0 Å². The summed E-state index contributed by atoms with van der Waals surface area (Å²) < 4.78 is 0. The number of nitrogens with two attached hydrogens (primary N) is 1. The molecule has 0 aliphatic heterocycles. The van der Waals surface area contributed by atoms with Gasteiger partial charge in [-0.15, -0.1) is 11.3 Å². The molecule has 102 valence electrons. The smallest absolute Gasteiger partial charge is 0.0965 e. The molecule has 0 saturated heterocycles. The molecule has 0 spiro atoms. The first-order chi connectivity index (χ1) is 9.17. The van der Waals surface area contributed by atoms with Gasteiger partial charge in [0, 0.05) is 17.3 Å². The van der Waals surface area contributed by atoms with Crippen molar-refractivity contribution in [2.75, 3.05) is 6.54 Å². The first kappa shape index (κ1) is 14.3. The van der Waals surface area contributed by atoms with E-state index in [-0.39, 0.29) is 5.92 Å². The van der Waals surface area contributed by atoms with Crippen LogP contribution in [0.4, 0.5) is 0 Å². The third kappa shape index (κ3) is 3.06. The van der Waals surface area contributed by atoms with E-state index in [0.717, 1.165) is 16.9 Å². The first-order valence-corrected chi connectivity index (χ1v) is 7.56. The normalized spacial score (nSPS) is 14.3. The summed E-state index contributed by atoms with van der Waals surface area (Å²) >= 11 is 1.62. The van der Waals surface area contributed by atoms with Crippen molar-refractivity contribution in [1.82, 2.24) is 0 Å². The van der Waals surface area contributed by atoms with E-state index in [1.54, 1.807) is 11.3 Å². The molecule has 0 bridgehead atoms. The molecule has 0 aliphatic rings. The van der Waals surface area contributed by atoms with Gasteiger partial charge in [0.05, 0.1) is 6.10 Å². The van der Waals surface area contributed by atoms with Crippen LogP contribution in [0.1, 0.15) is 40.5 Å². The van der Waals surface area contributed by atoms with Gasteiger partial charge in [0.15, 0.2) is 0 Å². The summed E-state index contributed by atoms with van der Waals surface area (Å²) in [5, 5.41) is 12.7. The van der Waals surface area contributed by atoms with Crippen molar-refractivity contribution in [2.24, 2.45) is 5.73 Å². The molecule has 2 atom stereocenters. The Morgan fingerprint density at radius 2 is 1.89 bits per heavy atom. The van der Waals surface area contributed by atoms with E-state index in [4.69, 9.17) is 5.73 Å². The first-order valence-electron chi connectivity index (χ1n) is 6.68. The van der Waals surface area contributed by atoms with Gasteiger partial charge in [0.25, 0.3) is 0 Å². The van der Waals surface area contributed by atoms with Crippen LogP contribution in [-0.4, -0.2) is 11.7 Å². The second-order valence-corrected chi connectivity index (χ2v) is 5.81. The Bertz CT molecular complexity index is 518. The molecule has 2 aromatic rings. The Kier molecular flexibility index (Phi) is 4.75. The van der Waals surface area contributed by atoms with Crippen LogP contribution in [0.15, 0.2) is 35.7 Å². The molecule has 0 radical (unpaired) electrons. The highest BCUT2D eigenvalue weighted by atomic mass is 32.1. The summed E-state index contributed by atoms with van der Waals surface area (Å²) in [5.74, 6) is -0.0375. The lowest BCUT2D eigenvalue weighted by Gasteiger charge is -2.22. The molecule has 1 aromatic heterocycles. The Hall–Kier alpha value is -1.16. The van der Waals surface area contributed by atoms with Crippen LogP contribution in [0.2, 0.25) is 0 Å². The number of aliphatic hydroxyl groups excluding tert-OH is 1. The number of benzene rings is 1. The van der Waals surface area contributed by atoms with Crippen molar-refractivity contribution < 1.29 is 5.11 Å². The van der Waals surface area contributed by atoms with Gasteiger partial charge in [-0.25, -0.2) is 0 Å². The van der Waals surface area contributed by atoms with Gasteiger partial charge in [-0.1, -0.05) is 36.8 Å². The molecular weight excluding hydrogens is 254 g/mol. The van der Waals surface area contributed by atoms with Crippen molar-refractivity contribution in [3.05, 3.63) is 57.3 Å². The minimum atomic E-state index is -0.511. The number of hydrogen-bond acceptors (Lipinski definition) is 3. The number of hydrogen-bond donors (Lipinski definition) is 2. The lowest BCUT2D eigenvalue weighted by molar-refractivity contribution is 0.150. The van der Waals surface area contributed by atoms with Gasteiger partial charge in [0.1, 0.15) is 0 Å². The fourth-order valence-corrected chi connectivity index (χ4v) is 3.39. The van der Waals surface area contributed by atoms with Crippen molar-refractivity contribution in [2.45, 2.75) is 32.3 Å². The molecule has 0 saturated carbocycles. The molecule has 1 heterocycles. The zero-order valence-corrected chi connectivity index (χ0v) is 12.3. The fraction of sp³-hybridized carbons (Fsp3) is 0.375. The highest BCUT2D eigenvalue weighted by Crippen LogP contribution is 2.35. The van der Waals surface area contributed by atoms with Gasteiger partial charge in [0.2, 0.25) is 0 Å². The van der Waals surface area contributed by atoms with Gasteiger partial charge in [-0.05, 0) is 35.9 Å². The maximum Gasteiger partial charge on any atom is 0.0965 e. The highest BCUT2D eigenvalue weighted by Gasteiger charge is 2.24. The van der Waals surface area contributed by atoms with Crippen LogP contribution in [-0.2, 0) is 6.42 Å². The van der Waals surface area contributed by atoms with Crippen molar-refractivity contribution in [3.63, 3.8) is 0 Å². The van der Waals surface area contributed by atoms with Crippen LogP contribution in [0.3, 0.4) is 0 Å².